The van der Waals surface area contributed by atoms with Crippen molar-refractivity contribution < 1.29 is 14.6 Å². The topological polar surface area (TPSA) is 38.7 Å². The van der Waals surface area contributed by atoms with E-state index in [1.165, 1.54) is 0 Å². The lowest BCUT2D eigenvalue weighted by atomic mass is 9.74. The van der Waals surface area contributed by atoms with E-state index in [4.69, 9.17) is 9.47 Å². The van der Waals surface area contributed by atoms with Crippen LogP contribution in [0.1, 0.15) is 32.3 Å². The number of methoxy groups -OCH3 is 2. The molecule has 1 aliphatic rings. The van der Waals surface area contributed by atoms with Crippen LogP contribution in [-0.2, 0) is 0 Å². The van der Waals surface area contributed by atoms with Gasteiger partial charge in [0.05, 0.1) is 20.3 Å². The van der Waals surface area contributed by atoms with Gasteiger partial charge in [-0.15, -0.1) is 0 Å². The Kier molecular flexibility index (Phi) is 4.45. The van der Waals surface area contributed by atoms with Crippen LogP contribution in [0.4, 0.5) is 0 Å². The number of benzene rings is 1. The predicted octanol–water partition coefficient (Wildman–Crippen LogP) is 4.03. The summed E-state index contributed by atoms with van der Waals surface area (Å²) >= 11 is 3.52. The number of halogens is 1. The molecule has 0 heterocycles. The van der Waals surface area contributed by atoms with Crippen LogP contribution in [0.2, 0.25) is 0 Å². The first-order valence-corrected chi connectivity index (χ1v) is 7.47. The first-order chi connectivity index (χ1) is 9.38. The van der Waals surface area contributed by atoms with Crippen LogP contribution in [0, 0.1) is 5.41 Å². The maximum absolute atomic E-state index is 10.1. The van der Waals surface area contributed by atoms with Crippen molar-refractivity contribution in [2.75, 3.05) is 14.2 Å². The van der Waals surface area contributed by atoms with E-state index in [0.29, 0.717) is 0 Å². The van der Waals surface area contributed by atoms with Crippen LogP contribution in [0.5, 0.6) is 11.5 Å². The SMILES string of the molecule is COc1ccc(C2=CC(O)CC(C)(C)C2)c(OC)c1Br. The van der Waals surface area contributed by atoms with Crippen LogP contribution >= 0.6 is 15.9 Å². The maximum Gasteiger partial charge on any atom is 0.144 e. The van der Waals surface area contributed by atoms with Gasteiger partial charge in [-0.25, -0.2) is 0 Å². The lowest BCUT2D eigenvalue weighted by molar-refractivity contribution is 0.146. The van der Waals surface area contributed by atoms with Gasteiger partial charge in [0, 0.05) is 5.56 Å². The van der Waals surface area contributed by atoms with Gasteiger partial charge >= 0.3 is 0 Å². The van der Waals surface area contributed by atoms with Gasteiger partial charge < -0.3 is 14.6 Å². The zero-order valence-electron chi connectivity index (χ0n) is 12.4. The van der Waals surface area contributed by atoms with E-state index in [9.17, 15) is 5.11 Å². The van der Waals surface area contributed by atoms with Gasteiger partial charge in [-0.05, 0) is 51.9 Å². The third-order valence-electron chi connectivity index (χ3n) is 3.66. The molecule has 1 aliphatic carbocycles. The highest BCUT2D eigenvalue weighted by Crippen LogP contribution is 2.45. The Labute approximate surface area is 128 Å². The van der Waals surface area contributed by atoms with Crippen molar-refractivity contribution in [3.05, 3.63) is 28.2 Å². The Balaban J connectivity index is 2.50. The molecule has 0 saturated carbocycles. The summed E-state index contributed by atoms with van der Waals surface area (Å²) in [5.41, 5.74) is 2.21. The molecule has 0 spiro atoms. The Morgan fingerprint density at radius 2 is 1.95 bits per heavy atom. The molecular formula is C16H21BrO3. The number of aliphatic hydroxyl groups excluding tert-OH is 1. The molecule has 0 saturated heterocycles. The summed E-state index contributed by atoms with van der Waals surface area (Å²) in [6, 6.07) is 3.90. The normalized spacial score (nSPS) is 21.3. The van der Waals surface area contributed by atoms with E-state index < -0.39 is 6.10 Å². The van der Waals surface area contributed by atoms with Crippen molar-refractivity contribution in [3.63, 3.8) is 0 Å². The van der Waals surface area contributed by atoms with Gasteiger partial charge in [0.25, 0.3) is 0 Å². The predicted molar refractivity (Wildman–Crippen MR) is 84.2 cm³/mol. The molecule has 1 unspecified atom stereocenters. The number of allylic oxidation sites excluding steroid dienone is 1. The molecule has 2 rings (SSSR count). The van der Waals surface area contributed by atoms with E-state index in [-0.39, 0.29) is 5.41 Å². The Bertz CT molecular complexity index is 535. The van der Waals surface area contributed by atoms with Crippen LogP contribution in [0.15, 0.2) is 22.7 Å². The summed E-state index contributed by atoms with van der Waals surface area (Å²) < 4.78 is 11.6. The zero-order valence-corrected chi connectivity index (χ0v) is 14.0. The molecule has 0 radical (unpaired) electrons. The van der Waals surface area contributed by atoms with Crippen molar-refractivity contribution in [1.82, 2.24) is 0 Å². The van der Waals surface area contributed by atoms with Gasteiger partial charge in [0.1, 0.15) is 16.0 Å². The van der Waals surface area contributed by atoms with Gasteiger partial charge in [0.15, 0.2) is 0 Å². The molecule has 0 aliphatic heterocycles. The van der Waals surface area contributed by atoms with Gasteiger partial charge in [0.2, 0.25) is 0 Å². The summed E-state index contributed by atoms with van der Waals surface area (Å²) in [6.07, 6.45) is 3.23. The minimum absolute atomic E-state index is 0.0842. The number of ether oxygens (including phenoxy) is 2. The van der Waals surface area contributed by atoms with Crippen molar-refractivity contribution in [3.8, 4) is 11.5 Å². The highest BCUT2D eigenvalue weighted by molar-refractivity contribution is 9.10. The molecular weight excluding hydrogens is 320 g/mol. The summed E-state index contributed by atoms with van der Waals surface area (Å²) in [6.45, 7) is 4.35. The van der Waals surface area contributed by atoms with Gasteiger partial charge in [-0.3, -0.25) is 0 Å². The van der Waals surface area contributed by atoms with Crippen molar-refractivity contribution in [2.45, 2.75) is 32.8 Å². The quantitative estimate of drug-likeness (QED) is 0.902. The first kappa shape index (κ1) is 15.4. The molecule has 3 nitrogen and oxygen atoms in total. The van der Waals surface area contributed by atoms with Crippen molar-refractivity contribution in [2.24, 2.45) is 5.41 Å². The minimum atomic E-state index is -0.403. The molecule has 0 amide bonds. The maximum atomic E-state index is 10.1. The lowest BCUT2D eigenvalue weighted by Crippen LogP contribution is -2.24. The highest BCUT2D eigenvalue weighted by Gasteiger charge is 2.29. The molecule has 0 aromatic heterocycles. The van der Waals surface area contributed by atoms with E-state index in [0.717, 1.165) is 39.9 Å². The molecule has 1 N–H and O–H groups in total. The second-order valence-corrected chi connectivity index (χ2v) is 6.76. The molecule has 1 atom stereocenters. The van der Waals surface area contributed by atoms with Crippen LogP contribution in [0.3, 0.4) is 0 Å². The molecule has 110 valence electrons. The molecule has 1 aromatic rings. The second-order valence-electron chi connectivity index (χ2n) is 5.97. The third kappa shape index (κ3) is 3.01. The largest absolute Gasteiger partial charge is 0.495 e. The van der Waals surface area contributed by atoms with E-state index >= 15 is 0 Å². The summed E-state index contributed by atoms with van der Waals surface area (Å²) in [5.74, 6) is 1.49. The van der Waals surface area contributed by atoms with E-state index in [1.54, 1.807) is 14.2 Å². The summed E-state index contributed by atoms with van der Waals surface area (Å²) in [7, 11) is 3.28. The molecule has 1 aromatic carbocycles. The fourth-order valence-corrected chi connectivity index (χ4v) is 3.51. The standard InChI is InChI=1S/C16H21BrO3/c1-16(2)8-10(7-11(18)9-16)12-5-6-13(19-3)14(17)15(12)20-4/h5-7,11,18H,8-9H2,1-4H3. The minimum Gasteiger partial charge on any atom is -0.495 e. The number of aliphatic hydroxyl groups is 1. The second kappa shape index (κ2) is 5.78. The lowest BCUT2D eigenvalue weighted by Gasteiger charge is -2.33. The number of rotatable bonds is 3. The molecule has 0 fully saturated rings. The zero-order chi connectivity index (χ0) is 14.9. The number of hydrogen-bond acceptors (Lipinski definition) is 3. The molecule has 0 bridgehead atoms. The first-order valence-electron chi connectivity index (χ1n) is 6.67. The van der Waals surface area contributed by atoms with E-state index in [2.05, 4.69) is 29.8 Å². The van der Waals surface area contributed by atoms with Gasteiger partial charge in [-0.1, -0.05) is 19.9 Å². The monoisotopic (exact) mass is 340 g/mol. The fourth-order valence-electron chi connectivity index (χ4n) is 2.84. The van der Waals surface area contributed by atoms with Crippen LogP contribution in [0.25, 0.3) is 5.57 Å². The summed E-state index contributed by atoms with van der Waals surface area (Å²) in [5, 5.41) is 10.1. The Morgan fingerprint density at radius 3 is 2.50 bits per heavy atom. The number of hydrogen-bond donors (Lipinski definition) is 1. The van der Waals surface area contributed by atoms with Crippen molar-refractivity contribution in [1.29, 1.82) is 0 Å². The summed E-state index contributed by atoms with van der Waals surface area (Å²) in [4.78, 5) is 0. The smallest absolute Gasteiger partial charge is 0.144 e. The van der Waals surface area contributed by atoms with Crippen molar-refractivity contribution >= 4 is 21.5 Å². The molecule has 20 heavy (non-hydrogen) atoms. The van der Waals surface area contributed by atoms with Crippen LogP contribution in [-0.4, -0.2) is 25.4 Å². The third-order valence-corrected chi connectivity index (χ3v) is 4.41. The average molecular weight is 341 g/mol. The Morgan fingerprint density at radius 1 is 1.25 bits per heavy atom. The fraction of sp³-hybridized carbons (Fsp3) is 0.500. The average Bonchev–Trinajstić information content (AvgIpc) is 2.35. The Hall–Kier alpha value is -1.00. The van der Waals surface area contributed by atoms with Gasteiger partial charge in [-0.2, -0.15) is 0 Å². The molecule has 4 heteroatoms. The van der Waals surface area contributed by atoms with Crippen LogP contribution < -0.4 is 9.47 Å². The van der Waals surface area contributed by atoms with E-state index in [1.807, 2.05) is 18.2 Å². The highest BCUT2D eigenvalue weighted by atomic mass is 79.9.